The van der Waals surface area contributed by atoms with Crippen molar-refractivity contribution in [1.29, 1.82) is 0 Å². The molecule has 1 saturated carbocycles. The van der Waals surface area contributed by atoms with E-state index < -0.39 is 5.92 Å². The lowest BCUT2D eigenvalue weighted by Gasteiger charge is -2.36. The highest BCUT2D eigenvalue weighted by molar-refractivity contribution is 6.04. The van der Waals surface area contributed by atoms with E-state index in [2.05, 4.69) is 5.32 Å². The molecule has 1 fully saturated rings. The number of esters is 1. The summed E-state index contributed by atoms with van der Waals surface area (Å²) < 4.78 is 22.7. The summed E-state index contributed by atoms with van der Waals surface area (Å²) in [6.07, 6.45) is 4.81. The van der Waals surface area contributed by atoms with E-state index in [1.165, 1.54) is 0 Å². The number of furan rings is 1. The van der Waals surface area contributed by atoms with Crippen LogP contribution in [0.3, 0.4) is 0 Å². The number of carbonyl (C=O) groups excluding carboxylic acids is 2. The third-order valence-corrected chi connectivity index (χ3v) is 7.55. The minimum absolute atomic E-state index is 0.00116. The molecule has 0 amide bonds. The summed E-state index contributed by atoms with van der Waals surface area (Å²) in [5.74, 6) is 1.64. The number of nitrogens with one attached hydrogen (secondary N) is 1. The first kappa shape index (κ1) is 24.2. The second kappa shape index (κ2) is 9.88. The average Bonchev–Trinajstić information content (AvgIpc) is 3.54. The number of methoxy groups -OCH3 is 2. The number of dihydropyridines is 1. The van der Waals surface area contributed by atoms with Crippen LogP contribution >= 0.6 is 0 Å². The summed E-state index contributed by atoms with van der Waals surface area (Å²) in [6.45, 7) is 3.74. The molecular weight excluding hydrogens is 458 g/mol. The van der Waals surface area contributed by atoms with Gasteiger partial charge in [0.1, 0.15) is 17.6 Å². The number of benzene rings is 1. The molecular formula is C29H33NO6. The zero-order valence-corrected chi connectivity index (χ0v) is 21.3. The van der Waals surface area contributed by atoms with Crippen molar-refractivity contribution in [3.63, 3.8) is 0 Å². The van der Waals surface area contributed by atoms with Gasteiger partial charge in [-0.25, -0.2) is 4.79 Å². The van der Waals surface area contributed by atoms with Crippen LogP contribution in [0.1, 0.15) is 74.4 Å². The lowest BCUT2D eigenvalue weighted by molar-refractivity contribution is -0.144. The highest BCUT2D eigenvalue weighted by atomic mass is 16.5. The van der Waals surface area contributed by atoms with Gasteiger partial charge in [0.25, 0.3) is 0 Å². The van der Waals surface area contributed by atoms with Gasteiger partial charge in [-0.3, -0.25) is 4.79 Å². The van der Waals surface area contributed by atoms with E-state index in [0.29, 0.717) is 46.9 Å². The van der Waals surface area contributed by atoms with Crippen LogP contribution in [0.4, 0.5) is 0 Å². The van der Waals surface area contributed by atoms with Crippen LogP contribution < -0.4 is 14.8 Å². The maximum Gasteiger partial charge on any atom is 0.337 e. The Morgan fingerprint density at radius 3 is 2.42 bits per heavy atom. The van der Waals surface area contributed by atoms with E-state index in [4.69, 9.17) is 18.6 Å². The zero-order valence-electron chi connectivity index (χ0n) is 21.3. The number of hydrogen-bond donors (Lipinski definition) is 1. The highest BCUT2D eigenvalue weighted by Gasteiger charge is 2.43. The normalized spacial score (nSPS) is 22.4. The third kappa shape index (κ3) is 4.43. The molecule has 3 aliphatic rings. The lowest BCUT2D eigenvalue weighted by Crippen LogP contribution is -2.36. The minimum Gasteiger partial charge on any atom is -0.493 e. The standard InChI is InChI=1S/C29H33NO6/c1-16-9-11-24(35-16)28-26(29(32)36-20-7-5-6-8-20)17(2)30-21-13-19(14-22(31)27(21)28)18-10-12-23(33-3)25(15-18)34-4/h9-12,15,19-20,28,30H,5-8,13-14H2,1-4H3/t19-,28+/m0/s1. The fourth-order valence-electron chi connectivity index (χ4n) is 5.77. The number of hydrogen-bond acceptors (Lipinski definition) is 7. The van der Waals surface area contributed by atoms with Crippen molar-refractivity contribution in [2.24, 2.45) is 0 Å². The molecule has 1 N–H and O–H groups in total. The molecule has 2 aliphatic carbocycles. The number of aryl methyl sites for hydroxylation is 1. The molecule has 2 atom stereocenters. The van der Waals surface area contributed by atoms with Gasteiger partial charge in [-0.1, -0.05) is 6.07 Å². The fraction of sp³-hybridized carbons (Fsp3) is 0.448. The van der Waals surface area contributed by atoms with Gasteiger partial charge in [-0.05, 0) is 81.7 Å². The molecule has 0 unspecified atom stereocenters. The first-order chi connectivity index (χ1) is 17.4. The van der Waals surface area contributed by atoms with E-state index in [1.54, 1.807) is 14.2 Å². The predicted octanol–water partition coefficient (Wildman–Crippen LogP) is 5.45. The van der Waals surface area contributed by atoms with Crippen molar-refractivity contribution in [1.82, 2.24) is 5.32 Å². The van der Waals surface area contributed by atoms with E-state index in [-0.39, 0.29) is 23.8 Å². The topological polar surface area (TPSA) is 87.0 Å². The Morgan fingerprint density at radius 1 is 1.00 bits per heavy atom. The molecule has 7 nitrogen and oxygen atoms in total. The van der Waals surface area contributed by atoms with Crippen LogP contribution in [0.2, 0.25) is 0 Å². The SMILES string of the molecule is COc1ccc([C@@H]2CC(=O)C3=C(C2)NC(C)=C(C(=O)OC2CCCC2)[C@H]3c2ccc(C)o2)cc1OC. The molecule has 2 heterocycles. The molecule has 0 spiro atoms. The van der Waals surface area contributed by atoms with Crippen molar-refractivity contribution in [2.45, 2.75) is 70.3 Å². The maximum absolute atomic E-state index is 13.7. The lowest BCUT2D eigenvalue weighted by atomic mass is 9.73. The second-order valence-corrected chi connectivity index (χ2v) is 9.89. The summed E-state index contributed by atoms with van der Waals surface area (Å²) in [5, 5.41) is 3.40. The van der Waals surface area contributed by atoms with Crippen molar-refractivity contribution in [3.05, 3.63) is 70.0 Å². The summed E-state index contributed by atoms with van der Waals surface area (Å²) in [4.78, 5) is 27.2. The van der Waals surface area contributed by atoms with Gasteiger partial charge in [0, 0.05) is 23.4 Å². The molecule has 1 aromatic carbocycles. The first-order valence-corrected chi connectivity index (χ1v) is 12.6. The van der Waals surface area contributed by atoms with Gasteiger partial charge in [0.05, 0.1) is 25.7 Å². The van der Waals surface area contributed by atoms with E-state index >= 15 is 0 Å². The molecule has 36 heavy (non-hydrogen) atoms. The molecule has 7 heteroatoms. The van der Waals surface area contributed by atoms with Crippen molar-refractivity contribution in [3.8, 4) is 11.5 Å². The summed E-state index contributed by atoms with van der Waals surface area (Å²) in [6, 6.07) is 9.51. The molecule has 190 valence electrons. The van der Waals surface area contributed by atoms with E-state index in [0.717, 1.165) is 42.7 Å². The Kier molecular flexibility index (Phi) is 6.65. The third-order valence-electron chi connectivity index (χ3n) is 7.55. The highest BCUT2D eigenvalue weighted by Crippen LogP contribution is 2.47. The van der Waals surface area contributed by atoms with Crippen molar-refractivity contribution >= 4 is 11.8 Å². The fourth-order valence-corrected chi connectivity index (χ4v) is 5.77. The Morgan fingerprint density at radius 2 is 1.75 bits per heavy atom. The van der Waals surface area contributed by atoms with E-state index in [1.807, 2.05) is 44.2 Å². The number of ether oxygens (including phenoxy) is 3. The van der Waals surface area contributed by atoms with E-state index in [9.17, 15) is 9.59 Å². The molecule has 0 radical (unpaired) electrons. The largest absolute Gasteiger partial charge is 0.493 e. The number of Topliss-reactive ketones (excluding diaryl/α,β-unsaturated/α-hetero) is 1. The van der Waals surface area contributed by atoms with Crippen LogP contribution in [-0.4, -0.2) is 32.1 Å². The number of allylic oxidation sites excluding steroid dienone is 3. The van der Waals surface area contributed by atoms with Gasteiger partial charge >= 0.3 is 5.97 Å². The average molecular weight is 492 g/mol. The summed E-state index contributed by atoms with van der Waals surface area (Å²) >= 11 is 0. The van der Waals surface area contributed by atoms with Gasteiger partial charge in [0.2, 0.25) is 0 Å². The quantitative estimate of drug-likeness (QED) is 0.538. The van der Waals surface area contributed by atoms with Crippen LogP contribution in [-0.2, 0) is 14.3 Å². The van der Waals surface area contributed by atoms with Gasteiger partial charge in [-0.15, -0.1) is 0 Å². The van der Waals surface area contributed by atoms with Gasteiger partial charge in [0.15, 0.2) is 17.3 Å². The number of ketones is 1. The number of carbonyl (C=O) groups is 2. The monoisotopic (exact) mass is 491 g/mol. The van der Waals surface area contributed by atoms with Gasteiger partial charge < -0.3 is 23.9 Å². The first-order valence-electron chi connectivity index (χ1n) is 12.6. The summed E-state index contributed by atoms with van der Waals surface area (Å²) in [7, 11) is 3.21. The van der Waals surface area contributed by atoms with Crippen LogP contribution in [0, 0.1) is 6.92 Å². The Hall–Kier alpha value is -3.48. The molecule has 0 saturated heterocycles. The Labute approximate surface area is 211 Å². The molecule has 2 aromatic rings. The second-order valence-electron chi connectivity index (χ2n) is 9.89. The smallest absolute Gasteiger partial charge is 0.337 e. The van der Waals surface area contributed by atoms with Crippen molar-refractivity contribution in [2.75, 3.05) is 14.2 Å². The van der Waals surface area contributed by atoms with Crippen LogP contribution in [0.15, 0.2) is 57.3 Å². The summed E-state index contributed by atoms with van der Waals surface area (Å²) in [5.41, 5.74) is 3.61. The molecule has 1 aliphatic heterocycles. The van der Waals surface area contributed by atoms with Crippen LogP contribution in [0.5, 0.6) is 11.5 Å². The molecule has 0 bridgehead atoms. The maximum atomic E-state index is 13.7. The zero-order chi connectivity index (χ0) is 25.4. The number of rotatable bonds is 6. The molecule has 1 aromatic heterocycles. The molecule has 5 rings (SSSR count). The van der Waals surface area contributed by atoms with Crippen LogP contribution in [0.25, 0.3) is 0 Å². The minimum atomic E-state index is -0.581. The van der Waals surface area contributed by atoms with Gasteiger partial charge in [-0.2, -0.15) is 0 Å². The Balaban J connectivity index is 1.51. The predicted molar refractivity (Wildman–Crippen MR) is 134 cm³/mol. The Bertz CT molecular complexity index is 1250. The van der Waals surface area contributed by atoms with Crippen molar-refractivity contribution < 1.29 is 28.2 Å².